The summed E-state index contributed by atoms with van der Waals surface area (Å²) in [5.41, 5.74) is 0. The van der Waals surface area contributed by atoms with Crippen molar-refractivity contribution >= 4 is 7.85 Å². The fraction of sp³-hybridized carbons (Fsp3) is 1.00. The normalized spacial score (nSPS) is 11.3. The Morgan fingerprint density at radius 3 is 1.74 bits per heavy atom. The summed E-state index contributed by atoms with van der Waals surface area (Å²) in [7, 11) is 2.12. The molecule has 0 aliphatic heterocycles. The Labute approximate surface area is 116 Å². The molecule has 114 valence electrons. The second-order valence-corrected chi connectivity index (χ2v) is 3.99. The van der Waals surface area contributed by atoms with Crippen LogP contribution in [0.15, 0.2) is 0 Å². The van der Waals surface area contributed by atoms with Crippen LogP contribution in [0.3, 0.4) is 0 Å². The monoisotopic (exact) mass is 278 g/mol. The molecule has 0 atom stereocenters. The van der Waals surface area contributed by atoms with Crippen molar-refractivity contribution in [1.82, 2.24) is 0 Å². The van der Waals surface area contributed by atoms with Crippen molar-refractivity contribution in [2.45, 2.75) is 25.5 Å². The first-order valence-electron chi connectivity index (χ1n) is 6.95. The van der Waals surface area contributed by atoms with Gasteiger partial charge in [0.25, 0.3) is 0 Å². The fourth-order valence-corrected chi connectivity index (χ4v) is 1.40. The summed E-state index contributed by atoms with van der Waals surface area (Å²) in [6.07, 6.45) is 2.73. The van der Waals surface area contributed by atoms with Crippen LogP contribution in [0.2, 0.25) is 6.32 Å². The molecule has 0 saturated carbocycles. The predicted molar refractivity (Wildman–Crippen MR) is 74.1 cm³/mol. The van der Waals surface area contributed by atoms with Crippen LogP contribution in [0.5, 0.6) is 0 Å². The maximum Gasteiger partial charge on any atom is 0.157 e. The molecule has 0 fully saturated rings. The highest BCUT2D eigenvalue weighted by atomic mass is 16.7. The van der Waals surface area contributed by atoms with Crippen LogP contribution in [0.4, 0.5) is 0 Å². The minimum atomic E-state index is -0.240. The lowest BCUT2D eigenvalue weighted by atomic mass is 10.0. The molecular formula is C12H27BO6. The lowest BCUT2D eigenvalue weighted by molar-refractivity contribution is -0.161. The van der Waals surface area contributed by atoms with E-state index < -0.39 is 0 Å². The van der Waals surface area contributed by atoms with Crippen LogP contribution in [-0.2, 0) is 18.9 Å². The molecule has 0 saturated heterocycles. The van der Waals surface area contributed by atoms with Gasteiger partial charge in [-0.1, -0.05) is 12.7 Å². The van der Waals surface area contributed by atoms with E-state index in [9.17, 15) is 0 Å². The number of aliphatic hydroxyl groups excluding tert-OH is 2. The molecule has 0 aromatic carbocycles. The van der Waals surface area contributed by atoms with Gasteiger partial charge in [0, 0.05) is 0 Å². The van der Waals surface area contributed by atoms with E-state index in [0.717, 1.165) is 19.2 Å². The van der Waals surface area contributed by atoms with E-state index in [2.05, 4.69) is 7.85 Å². The number of ether oxygens (including phenoxy) is 4. The van der Waals surface area contributed by atoms with Crippen molar-refractivity contribution in [3.63, 3.8) is 0 Å². The van der Waals surface area contributed by atoms with Crippen molar-refractivity contribution in [3.8, 4) is 0 Å². The lowest BCUT2D eigenvalue weighted by Crippen LogP contribution is -2.22. The molecule has 0 bridgehead atoms. The minimum absolute atomic E-state index is 0.0258. The topological polar surface area (TPSA) is 77.4 Å². The number of aliphatic hydroxyl groups is 2. The van der Waals surface area contributed by atoms with Crippen LogP contribution < -0.4 is 0 Å². The summed E-state index contributed by atoms with van der Waals surface area (Å²) in [6.45, 7) is 2.52. The zero-order valence-electron chi connectivity index (χ0n) is 11.9. The lowest BCUT2D eigenvalue weighted by Gasteiger charge is -2.18. The molecule has 0 amide bonds. The predicted octanol–water partition coefficient (Wildman–Crippen LogP) is -0.805. The van der Waals surface area contributed by atoms with E-state index >= 15 is 0 Å². The first-order valence-corrected chi connectivity index (χ1v) is 6.95. The van der Waals surface area contributed by atoms with Gasteiger partial charge in [-0.15, -0.1) is 0 Å². The van der Waals surface area contributed by atoms with Crippen molar-refractivity contribution in [2.75, 3.05) is 52.9 Å². The van der Waals surface area contributed by atoms with Gasteiger partial charge >= 0.3 is 0 Å². The third kappa shape index (κ3) is 14.0. The van der Waals surface area contributed by atoms with E-state index in [-0.39, 0.29) is 19.5 Å². The van der Waals surface area contributed by atoms with Crippen LogP contribution in [0.25, 0.3) is 0 Å². The largest absolute Gasteiger partial charge is 0.394 e. The third-order valence-corrected chi connectivity index (χ3v) is 2.33. The van der Waals surface area contributed by atoms with E-state index in [1.807, 2.05) is 0 Å². The maximum absolute atomic E-state index is 8.56. The average molecular weight is 278 g/mol. The Morgan fingerprint density at radius 1 is 0.789 bits per heavy atom. The molecule has 0 aliphatic rings. The Kier molecular flexibility index (Phi) is 15.7. The van der Waals surface area contributed by atoms with Gasteiger partial charge in [0.1, 0.15) is 7.85 Å². The second-order valence-electron chi connectivity index (χ2n) is 3.99. The van der Waals surface area contributed by atoms with Crippen LogP contribution in [-0.4, -0.2) is 77.2 Å². The summed E-state index contributed by atoms with van der Waals surface area (Å²) in [5.74, 6) is 0. The molecule has 0 aromatic heterocycles. The van der Waals surface area contributed by atoms with Gasteiger partial charge in [-0.2, -0.15) is 0 Å². The highest BCUT2D eigenvalue weighted by Gasteiger charge is 2.08. The highest BCUT2D eigenvalue weighted by molar-refractivity contribution is 6.08. The summed E-state index contributed by atoms with van der Waals surface area (Å²) in [4.78, 5) is 0. The molecule has 7 heteroatoms. The summed E-state index contributed by atoms with van der Waals surface area (Å²) in [6, 6.07) is 0. The van der Waals surface area contributed by atoms with Gasteiger partial charge in [0.05, 0.1) is 52.9 Å². The molecule has 0 radical (unpaired) electrons. The van der Waals surface area contributed by atoms with Gasteiger partial charge < -0.3 is 29.2 Å². The highest BCUT2D eigenvalue weighted by Crippen LogP contribution is 2.06. The molecule has 2 N–H and O–H groups in total. The number of hydrogen-bond acceptors (Lipinski definition) is 6. The zero-order valence-corrected chi connectivity index (χ0v) is 11.9. The second kappa shape index (κ2) is 15.9. The maximum atomic E-state index is 8.56. The minimum Gasteiger partial charge on any atom is -0.394 e. The Morgan fingerprint density at radius 2 is 1.32 bits per heavy atom. The quantitative estimate of drug-likeness (QED) is 0.232. The molecule has 0 heterocycles. The van der Waals surface area contributed by atoms with Crippen molar-refractivity contribution in [3.05, 3.63) is 0 Å². The van der Waals surface area contributed by atoms with Gasteiger partial charge in [-0.3, -0.25) is 0 Å². The molecule has 0 unspecified atom stereocenters. The smallest absolute Gasteiger partial charge is 0.157 e. The Bertz CT molecular complexity index is 158. The summed E-state index contributed by atoms with van der Waals surface area (Å²) >= 11 is 0. The van der Waals surface area contributed by atoms with E-state index in [4.69, 9.17) is 29.2 Å². The molecular weight excluding hydrogens is 251 g/mol. The Hall–Kier alpha value is -0.175. The number of rotatable bonds is 15. The SMILES string of the molecule is BCCCC(OCCOCCO)OCCOCCO. The van der Waals surface area contributed by atoms with Crippen molar-refractivity contribution < 1.29 is 29.2 Å². The van der Waals surface area contributed by atoms with E-state index in [1.165, 1.54) is 0 Å². The van der Waals surface area contributed by atoms with E-state index in [0.29, 0.717) is 39.6 Å². The molecule has 6 nitrogen and oxygen atoms in total. The molecule has 19 heavy (non-hydrogen) atoms. The Balaban J connectivity index is 3.57. The van der Waals surface area contributed by atoms with Gasteiger partial charge in [-0.25, -0.2) is 0 Å². The van der Waals surface area contributed by atoms with Crippen molar-refractivity contribution in [2.24, 2.45) is 0 Å². The van der Waals surface area contributed by atoms with Crippen molar-refractivity contribution in [1.29, 1.82) is 0 Å². The molecule has 0 aromatic rings. The van der Waals surface area contributed by atoms with Gasteiger partial charge in [0.15, 0.2) is 6.29 Å². The standard InChI is InChI=1S/C12H27BO6/c13-3-1-2-12(18-10-8-16-6-4-14)19-11-9-17-7-5-15/h12,14-15H,1-11,13H2. The van der Waals surface area contributed by atoms with Gasteiger partial charge in [-0.05, 0) is 6.42 Å². The molecule has 0 rings (SSSR count). The van der Waals surface area contributed by atoms with E-state index in [1.54, 1.807) is 0 Å². The summed E-state index contributed by atoms with van der Waals surface area (Å²) in [5, 5.41) is 17.1. The molecule has 0 aliphatic carbocycles. The van der Waals surface area contributed by atoms with Gasteiger partial charge in [0.2, 0.25) is 0 Å². The first-order chi connectivity index (χ1) is 9.35. The zero-order chi connectivity index (χ0) is 14.2. The number of hydrogen-bond donors (Lipinski definition) is 2. The summed E-state index contributed by atoms with van der Waals surface area (Å²) < 4.78 is 21.4. The average Bonchev–Trinajstić information content (AvgIpc) is 2.43. The van der Waals surface area contributed by atoms with Crippen LogP contribution in [0, 0.1) is 0 Å². The molecule has 0 spiro atoms. The van der Waals surface area contributed by atoms with Crippen LogP contribution in [0.1, 0.15) is 12.8 Å². The fourth-order valence-electron chi connectivity index (χ4n) is 1.40. The first kappa shape index (κ1) is 18.8. The third-order valence-electron chi connectivity index (χ3n) is 2.33. The van der Waals surface area contributed by atoms with Crippen LogP contribution >= 0.6 is 0 Å².